The Morgan fingerprint density at radius 2 is 1.96 bits per heavy atom. The molecule has 0 unspecified atom stereocenters. The van der Waals surface area contributed by atoms with Crippen molar-refractivity contribution in [1.29, 1.82) is 0 Å². The predicted molar refractivity (Wildman–Crippen MR) is 91.4 cm³/mol. The minimum absolute atomic E-state index is 0.800. The van der Waals surface area contributed by atoms with Gasteiger partial charge in [0.1, 0.15) is 11.6 Å². The van der Waals surface area contributed by atoms with Crippen molar-refractivity contribution in [2.24, 2.45) is 5.92 Å². The van der Waals surface area contributed by atoms with Crippen LogP contribution in [-0.2, 0) is 6.54 Å². The Hall–Kier alpha value is -2.10. The molecule has 1 fully saturated rings. The molecule has 2 aromatic heterocycles. The lowest BCUT2D eigenvalue weighted by molar-refractivity contribution is 0.393. The lowest BCUT2D eigenvalue weighted by Crippen LogP contribution is -2.08. The third-order valence-electron chi connectivity index (χ3n) is 5.18. The normalized spacial score (nSPS) is 15.8. The minimum atomic E-state index is 0.800. The summed E-state index contributed by atoms with van der Waals surface area (Å²) in [7, 11) is 0. The van der Waals surface area contributed by atoms with Crippen LogP contribution in [0.2, 0.25) is 0 Å². The molecule has 1 aliphatic rings. The van der Waals surface area contributed by atoms with Gasteiger partial charge < -0.3 is 9.09 Å². The van der Waals surface area contributed by atoms with E-state index in [0.29, 0.717) is 0 Å². The van der Waals surface area contributed by atoms with Gasteiger partial charge >= 0.3 is 0 Å². The standard InChI is InChI=1S/C19H23N3O/c1-12-19(13(2)23-21-12)16-8-9-17-18(10-16)22(14(3)20-17)11-15-6-4-5-7-15/h8-10,15H,4-7,11H2,1-3H3. The van der Waals surface area contributed by atoms with Gasteiger partial charge in [-0.3, -0.25) is 0 Å². The fraction of sp³-hybridized carbons (Fsp3) is 0.474. The summed E-state index contributed by atoms with van der Waals surface area (Å²) in [6.07, 6.45) is 5.45. The molecule has 3 aromatic rings. The van der Waals surface area contributed by atoms with E-state index in [0.717, 1.165) is 40.8 Å². The molecular weight excluding hydrogens is 286 g/mol. The molecule has 4 nitrogen and oxygen atoms in total. The first-order chi connectivity index (χ1) is 11.1. The average Bonchev–Trinajstić information content (AvgIpc) is 3.22. The summed E-state index contributed by atoms with van der Waals surface area (Å²) in [6, 6.07) is 6.49. The average molecular weight is 309 g/mol. The number of benzene rings is 1. The molecule has 4 rings (SSSR count). The minimum Gasteiger partial charge on any atom is -0.361 e. The molecule has 0 radical (unpaired) electrons. The highest BCUT2D eigenvalue weighted by atomic mass is 16.5. The van der Waals surface area contributed by atoms with Crippen LogP contribution in [0.5, 0.6) is 0 Å². The van der Waals surface area contributed by atoms with E-state index < -0.39 is 0 Å². The molecule has 4 heteroatoms. The summed E-state index contributed by atoms with van der Waals surface area (Å²) in [4.78, 5) is 4.75. The molecule has 0 N–H and O–H groups in total. The van der Waals surface area contributed by atoms with E-state index >= 15 is 0 Å². The molecular formula is C19H23N3O. The topological polar surface area (TPSA) is 43.9 Å². The smallest absolute Gasteiger partial charge is 0.141 e. The zero-order chi connectivity index (χ0) is 16.0. The highest BCUT2D eigenvalue weighted by molar-refractivity contribution is 5.83. The van der Waals surface area contributed by atoms with E-state index in [2.05, 4.69) is 34.8 Å². The number of hydrogen-bond donors (Lipinski definition) is 0. The summed E-state index contributed by atoms with van der Waals surface area (Å²) in [5.74, 6) is 2.79. The van der Waals surface area contributed by atoms with Crippen LogP contribution < -0.4 is 0 Å². The second kappa shape index (κ2) is 5.52. The number of aryl methyl sites for hydroxylation is 3. The van der Waals surface area contributed by atoms with Crippen molar-refractivity contribution in [2.75, 3.05) is 0 Å². The second-order valence-corrected chi connectivity index (χ2v) is 6.82. The highest BCUT2D eigenvalue weighted by Crippen LogP contribution is 2.32. The van der Waals surface area contributed by atoms with Crippen LogP contribution in [0.15, 0.2) is 22.7 Å². The number of nitrogens with zero attached hydrogens (tertiary/aromatic N) is 3. The quantitative estimate of drug-likeness (QED) is 0.697. The third-order valence-corrected chi connectivity index (χ3v) is 5.18. The van der Waals surface area contributed by atoms with Crippen molar-refractivity contribution in [3.05, 3.63) is 35.5 Å². The predicted octanol–water partition coefficient (Wildman–Crippen LogP) is 4.81. The van der Waals surface area contributed by atoms with Crippen molar-refractivity contribution in [3.63, 3.8) is 0 Å². The third kappa shape index (κ3) is 2.46. The summed E-state index contributed by atoms with van der Waals surface area (Å²) in [5.41, 5.74) is 5.53. The van der Waals surface area contributed by atoms with Crippen LogP contribution in [0.1, 0.15) is 43.0 Å². The maximum Gasteiger partial charge on any atom is 0.141 e. The zero-order valence-electron chi connectivity index (χ0n) is 14.1. The van der Waals surface area contributed by atoms with Gasteiger partial charge in [0.15, 0.2) is 0 Å². The first-order valence-electron chi connectivity index (χ1n) is 8.53. The molecule has 0 aliphatic heterocycles. The van der Waals surface area contributed by atoms with E-state index in [-0.39, 0.29) is 0 Å². The van der Waals surface area contributed by atoms with E-state index in [4.69, 9.17) is 9.51 Å². The van der Waals surface area contributed by atoms with E-state index in [1.54, 1.807) is 0 Å². The summed E-state index contributed by atoms with van der Waals surface area (Å²) in [5, 5.41) is 4.09. The van der Waals surface area contributed by atoms with Crippen molar-refractivity contribution in [2.45, 2.75) is 53.0 Å². The van der Waals surface area contributed by atoms with Crippen LogP contribution in [0.4, 0.5) is 0 Å². The Bertz CT molecular complexity index is 833. The fourth-order valence-electron chi connectivity index (χ4n) is 3.98. The van der Waals surface area contributed by atoms with Gasteiger partial charge in [-0.1, -0.05) is 24.1 Å². The van der Waals surface area contributed by atoms with E-state index in [9.17, 15) is 0 Å². The molecule has 0 amide bonds. The molecule has 1 aromatic carbocycles. The number of imidazole rings is 1. The Labute approximate surface area is 136 Å². The number of hydrogen-bond acceptors (Lipinski definition) is 3. The molecule has 2 heterocycles. The molecule has 120 valence electrons. The van der Waals surface area contributed by atoms with Crippen molar-refractivity contribution < 1.29 is 4.52 Å². The lowest BCUT2D eigenvalue weighted by atomic mass is 10.0. The monoisotopic (exact) mass is 309 g/mol. The van der Waals surface area contributed by atoms with Gasteiger partial charge in [-0.15, -0.1) is 0 Å². The molecule has 23 heavy (non-hydrogen) atoms. The van der Waals surface area contributed by atoms with Crippen molar-refractivity contribution in [3.8, 4) is 11.1 Å². The van der Waals surface area contributed by atoms with Crippen LogP contribution in [0.25, 0.3) is 22.2 Å². The molecule has 1 saturated carbocycles. The van der Waals surface area contributed by atoms with Gasteiger partial charge in [-0.2, -0.15) is 0 Å². The van der Waals surface area contributed by atoms with Crippen LogP contribution in [0, 0.1) is 26.7 Å². The largest absolute Gasteiger partial charge is 0.361 e. The summed E-state index contributed by atoms with van der Waals surface area (Å²) >= 11 is 0. The fourth-order valence-corrected chi connectivity index (χ4v) is 3.98. The Morgan fingerprint density at radius 3 is 2.65 bits per heavy atom. The molecule has 1 aliphatic carbocycles. The van der Waals surface area contributed by atoms with Gasteiger partial charge in [0.05, 0.1) is 16.7 Å². The van der Waals surface area contributed by atoms with Crippen LogP contribution in [-0.4, -0.2) is 14.7 Å². The van der Waals surface area contributed by atoms with Gasteiger partial charge in [0.25, 0.3) is 0 Å². The summed E-state index contributed by atoms with van der Waals surface area (Å²) in [6.45, 7) is 7.18. The summed E-state index contributed by atoms with van der Waals surface area (Å²) < 4.78 is 7.73. The van der Waals surface area contributed by atoms with Gasteiger partial charge in [-0.25, -0.2) is 4.98 Å². The van der Waals surface area contributed by atoms with Crippen LogP contribution in [0.3, 0.4) is 0 Å². The highest BCUT2D eigenvalue weighted by Gasteiger charge is 2.19. The first-order valence-corrected chi connectivity index (χ1v) is 8.53. The maximum atomic E-state index is 5.33. The number of rotatable bonds is 3. The van der Waals surface area contributed by atoms with Gasteiger partial charge in [0, 0.05) is 12.1 Å². The van der Waals surface area contributed by atoms with Gasteiger partial charge in [-0.05, 0) is 57.2 Å². The maximum absolute atomic E-state index is 5.33. The van der Waals surface area contributed by atoms with Gasteiger partial charge in [0.2, 0.25) is 0 Å². The number of aromatic nitrogens is 3. The van der Waals surface area contributed by atoms with E-state index in [1.165, 1.54) is 36.8 Å². The van der Waals surface area contributed by atoms with E-state index in [1.807, 2.05) is 13.8 Å². The Kier molecular flexibility index (Phi) is 3.47. The lowest BCUT2D eigenvalue weighted by Gasteiger charge is -2.13. The Balaban J connectivity index is 1.80. The van der Waals surface area contributed by atoms with Crippen molar-refractivity contribution in [1.82, 2.24) is 14.7 Å². The second-order valence-electron chi connectivity index (χ2n) is 6.82. The van der Waals surface area contributed by atoms with Crippen molar-refractivity contribution >= 4 is 11.0 Å². The molecule has 0 saturated heterocycles. The molecule has 0 bridgehead atoms. The van der Waals surface area contributed by atoms with Crippen LogP contribution >= 0.6 is 0 Å². The molecule has 0 spiro atoms. The number of fused-ring (bicyclic) bond motifs is 1. The SMILES string of the molecule is Cc1noc(C)c1-c1ccc2nc(C)n(CC3CCCC3)c2c1. The first kappa shape index (κ1) is 14.5. The zero-order valence-corrected chi connectivity index (χ0v) is 14.1. The molecule has 0 atom stereocenters. The Morgan fingerprint density at radius 1 is 1.17 bits per heavy atom.